The van der Waals surface area contributed by atoms with Gasteiger partial charge in [-0.3, -0.25) is 14.2 Å². The Kier molecular flexibility index (Phi) is 6.43. The minimum Gasteiger partial charge on any atom is -0.372 e. The van der Waals surface area contributed by atoms with Gasteiger partial charge in [-0.25, -0.2) is 4.98 Å². The quantitative estimate of drug-likeness (QED) is 0.702. The molecule has 7 nitrogen and oxygen atoms in total. The summed E-state index contributed by atoms with van der Waals surface area (Å²) in [5.41, 5.74) is 1.35. The lowest BCUT2D eigenvalue weighted by Gasteiger charge is -2.36. The lowest BCUT2D eigenvalue weighted by molar-refractivity contribution is -0.136. The number of ether oxygens (including phenoxy) is 1. The first-order valence-electron chi connectivity index (χ1n) is 11.1. The fourth-order valence-electron chi connectivity index (χ4n) is 4.44. The van der Waals surface area contributed by atoms with Gasteiger partial charge in [0.15, 0.2) is 0 Å². The first-order chi connectivity index (χ1) is 14.5. The van der Waals surface area contributed by atoms with Crippen LogP contribution in [0.5, 0.6) is 0 Å². The second kappa shape index (κ2) is 9.06. The van der Waals surface area contributed by atoms with E-state index in [1.165, 1.54) is 16.9 Å². The summed E-state index contributed by atoms with van der Waals surface area (Å²) in [6.07, 6.45) is 4.41. The van der Waals surface area contributed by atoms with Crippen LogP contribution in [-0.4, -0.2) is 59.8 Å². The smallest absolute Gasteiger partial charge is 0.263 e. The van der Waals surface area contributed by atoms with Crippen molar-refractivity contribution >= 4 is 33.4 Å². The summed E-state index contributed by atoms with van der Waals surface area (Å²) < 4.78 is 7.15. The molecule has 3 heterocycles. The van der Waals surface area contributed by atoms with Crippen LogP contribution < -0.4 is 10.5 Å². The monoisotopic (exact) mass is 432 g/mol. The predicted octanol–water partition coefficient (Wildman–Crippen LogP) is 2.68. The molecule has 4 rings (SSSR count). The first kappa shape index (κ1) is 21.3. The Balaban J connectivity index is 1.65. The van der Waals surface area contributed by atoms with Crippen molar-refractivity contribution in [3.8, 4) is 0 Å². The largest absolute Gasteiger partial charge is 0.372 e. The van der Waals surface area contributed by atoms with Crippen molar-refractivity contribution in [2.75, 3.05) is 44.3 Å². The molecule has 1 saturated heterocycles. The van der Waals surface area contributed by atoms with E-state index in [0.717, 1.165) is 35.4 Å². The SMILES string of the molecule is CCOCC(=O)N1CCN(c2nc3sc4c(c3c(=O)n2CC(C)C)CCCC4)CC1. The van der Waals surface area contributed by atoms with Gasteiger partial charge in [0.05, 0.1) is 5.39 Å². The number of hydrogen-bond acceptors (Lipinski definition) is 6. The maximum Gasteiger partial charge on any atom is 0.263 e. The molecule has 0 spiro atoms. The Bertz CT molecular complexity index is 973. The normalized spacial score (nSPS) is 17.1. The summed E-state index contributed by atoms with van der Waals surface area (Å²) in [6.45, 7) is 10.1. The number of aryl methyl sites for hydroxylation is 2. The number of fused-ring (bicyclic) bond motifs is 3. The molecule has 2 aliphatic rings. The van der Waals surface area contributed by atoms with Crippen LogP contribution in [0.1, 0.15) is 44.1 Å². The van der Waals surface area contributed by atoms with Crippen LogP contribution in [0.15, 0.2) is 4.79 Å². The highest BCUT2D eigenvalue weighted by atomic mass is 32.1. The molecule has 1 fully saturated rings. The zero-order valence-corrected chi connectivity index (χ0v) is 19.1. The van der Waals surface area contributed by atoms with Crippen LogP contribution in [0.25, 0.3) is 10.2 Å². The molecule has 0 aromatic carbocycles. The molecule has 8 heteroatoms. The summed E-state index contributed by atoms with van der Waals surface area (Å²) in [7, 11) is 0. The topological polar surface area (TPSA) is 67.7 Å². The van der Waals surface area contributed by atoms with Gasteiger partial charge in [-0.1, -0.05) is 13.8 Å². The van der Waals surface area contributed by atoms with Gasteiger partial charge in [0.2, 0.25) is 11.9 Å². The molecule has 1 aliphatic carbocycles. The lowest BCUT2D eigenvalue weighted by atomic mass is 9.97. The van der Waals surface area contributed by atoms with Gasteiger partial charge in [-0.05, 0) is 44.1 Å². The highest BCUT2D eigenvalue weighted by molar-refractivity contribution is 7.18. The fourth-order valence-corrected chi connectivity index (χ4v) is 5.68. The molecule has 1 aliphatic heterocycles. The first-order valence-corrected chi connectivity index (χ1v) is 12.0. The van der Waals surface area contributed by atoms with E-state index in [-0.39, 0.29) is 18.1 Å². The summed E-state index contributed by atoms with van der Waals surface area (Å²) >= 11 is 1.70. The van der Waals surface area contributed by atoms with Crippen molar-refractivity contribution in [3.05, 3.63) is 20.8 Å². The molecule has 0 bridgehead atoms. The predicted molar refractivity (Wildman–Crippen MR) is 121 cm³/mol. The molecule has 0 radical (unpaired) electrons. The van der Waals surface area contributed by atoms with Gasteiger partial charge >= 0.3 is 0 Å². The van der Waals surface area contributed by atoms with E-state index in [1.807, 2.05) is 16.4 Å². The molecule has 0 atom stereocenters. The molecular weight excluding hydrogens is 400 g/mol. The number of amides is 1. The molecule has 0 saturated carbocycles. The number of hydrogen-bond donors (Lipinski definition) is 0. The zero-order valence-electron chi connectivity index (χ0n) is 18.3. The summed E-state index contributed by atoms with van der Waals surface area (Å²) in [6, 6.07) is 0. The third-order valence-corrected chi connectivity index (χ3v) is 7.13. The van der Waals surface area contributed by atoms with E-state index >= 15 is 0 Å². The van der Waals surface area contributed by atoms with E-state index in [4.69, 9.17) is 9.72 Å². The maximum atomic E-state index is 13.6. The van der Waals surface area contributed by atoms with Crippen LogP contribution >= 0.6 is 11.3 Å². The van der Waals surface area contributed by atoms with E-state index in [0.29, 0.717) is 45.2 Å². The van der Waals surface area contributed by atoms with Gasteiger partial charge in [0, 0.05) is 44.2 Å². The molecule has 2 aromatic heterocycles. The van der Waals surface area contributed by atoms with Gasteiger partial charge in [0.1, 0.15) is 11.4 Å². The molecular formula is C22H32N4O3S. The van der Waals surface area contributed by atoms with Gasteiger partial charge in [-0.15, -0.1) is 11.3 Å². The van der Waals surface area contributed by atoms with Crippen molar-refractivity contribution < 1.29 is 9.53 Å². The molecule has 2 aromatic rings. The Morgan fingerprint density at radius 1 is 1.17 bits per heavy atom. The van der Waals surface area contributed by atoms with E-state index in [1.54, 1.807) is 11.3 Å². The summed E-state index contributed by atoms with van der Waals surface area (Å²) in [5, 5.41) is 0.852. The second-order valence-corrected chi connectivity index (χ2v) is 9.70. The van der Waals surface area contributed by atoms with Crippen molar-refractivity contribution in [3.63, 3.8) is 0 Å². The van der Waals surface area contributed by atoms with Crippen molar-refractivity contribution in [2.24, 2.45) is 5.92 Å². The molecule has 1 amide bonds. The summed E-state index contributed by atoms with van der Waals surface area (Å²) in [5.74, 6) is 1.14. The number of piperazine rings is 1. The number of carbonyl (C=O) groups excluding carboxylic acids is 1. The number of carbonyl (C=O) groups is 1. The molecule has 164 valence electrons. The number of rotatable bonds is 6. The number of anilines is 1. The highest BCUT2D eigenvalue weighted by Gasteiger charge is 2.27. The Morgan fingerprint density at radius 2 is 1.90 bits per heavy atom. The Labute approximate surface area is 181 Å². The van der Waals surface area contributed by atoms with Gasteiger partial charge < -0.3 is 14.5 Å². The van der Waals surface area contributed by atoms with Crippen molar-refractivity contribution in [1.82, 2.24) is 14.5 Å². The van der Waals surface area contributed by atoms with Crippen LogP contribution in [-0.2, 0) is 28.9 Å². The van der Waals surface area contributed by atoms with E-state index in [2.05, 4.69) is 18.7 Å². The van der Waals surface area contributed by atoms with E-state index < -0.39 is 0 Å². The van der Waals surface area contributed by atoms with Crippen LogP contribution in [0, 0.1) is 5.92 Å². The fraction of sp³-hybridized carbons (Fsp3) is 0.682. The zero-order chi connectivity index (χ0) is 21.3. The van der Waals surface area contributed by atoms with Crippen LogP contribution in [0.4, 0.5) is 5.95 Å². The molecule has 0 N–H and O–H groups in total. The standard InChI is InChI=1S/C22H32N4O3S/c1-4-29-14-18(27)24-9-11-25(12-10-24)22-23-20-19(21(28)26(22)13-15(2)3)16-7-5-6-8-17(16)30-20/h15H,4-14H2,1-3H3. The highest BCUT2D eigenvalue weighted by Crippen LogP contribution is 2.34. The number of nitrogens with zero attached hydrogens (tertiary/aromatic N) is 4. The number of aromatic nitrogens is 2. The Hall–Kier alpha value is -1.93. The number of thiophene rings is 1. The van der Waals surface area contributed by atoms with Crippen LogP contribution in [0.2, 0.25) is 0 Å². The van der Waals surface area contributed by atoms with Crippen LogP contribution in [0.3, 0.4) is 0 Å². The minimum atomic E-state index is 0.0328. The lowest BCUT2D eigenvalue weighted by Crippen LogP contribution is -2.51. The van der Waals surface area contributed by atoms with E-state index in [9.17, 15) is 9.59 Å². The van der Waals surface area contributed by atoms with Gasteiger partial charge in [-0.2, -0.15) is 0 Å². The second-order valence-electron chi connectivity index (χ2n) is 8.62. The van der Waals surface area contributed by atoms with Crippen molar-refractivity contribution in [1.29, 1.82) is 0 Å². The average Bonchev–Trinajstić information content (AvgIpc) is 3.12. The van der Waals surface area contributed by atoms with Gasteiger partial charge in [0.25, 0.3) is 5.56 Å². The third kappa shape index (κ3) is 4.12. The molecule has 30 heavy (non-hydrogen) atoms. The Morgan fingerprint density at radius 3 is 2.60 bits per heavy atom. The third-order valence-electron chi connectivity index (χ3n) is 5.95. The average molecular weight is 433 g/mol. The van der Waals surface area contributed by atoms with Crippen molar-refractivity contribution in [2.45, 2.75) is 53.0 Å². The molecule has 0 unspecified atom stereocenters. The minimum absolute atomic E-state index is 0.0328. The maximum absolute atomic E-state index is 13.6. The summed E-state index contributed by atoms with van der Waals surface area (Å²) in [4.78, 5) is 37.1.